The fourth-order valence-electron chi connectivity index (χ4n) is 2.37. The largest absolute Gasteiger partial charge is 0.492 e. The van der Waals surface area contributed by atoms with Crippen molar-refractivity contribution in [3.63, 3.8) is 0 Å². The number of likely N-dealkylation sites (N-methyl/N-ethyl adjacent to an activating group) is 1. The van der Waals surface area contributed by atoms with Crippen LogP contribution in [0.2, 0.25) is 5.02 Å². The Bertz CT molecular complexity index is 602. The summed E-state index contributed by atoms with van der Waals surface area (Å²) in [6, 6.07) is 4.03. The average molecular weight is 293 g/mol. The molecule has 20 heavy (non-hydrogen) atoms. The van der Waals surface area contributed by atoms with Gasteiger partial charge in [0.15, 0.2) is 0 Å². The van der Waals surface area contributed by atoms with Crippen LogP contribution in [0.5, 0.6) is 5.75 Å². The third kappa shape index (κ3) is 2.94. The van der Waals surface area contributed by atoms with Gasteiger partial charge in [0.05, 0.1) is 11.6 Å². The molecule has 3 rings (SSSR count). The molecule has 1 aliphatic carbocycles. The molecule has 0 amide bonds. The summed E-state index contributed by atoms with van der Waals surface area (Å²) in [6.45, 7) is 1.80. The molecule has 0 radical (unpaired) electrons. The van der Waals surface area contributed by atoms with E-state index in [0.717, 1.165) is 47.2 Å². The van der Waals surface area contributed by atoms with E-state index in [-0.39, 0.29) is 0 Å². The molecule has 1 aromatic carbocycles. The van der Waals surface area contributed by atoms with E-state index >= 15 is 0 Å². The van der Waals surface area contributed by atoms with E-state index in [4.69, 9.17) is 16.3 Å². The Labute approximate surface area is 124 Å². The van der Waals surface area contributed by atoms with Crippen molar-refractivity contribution in [3.8, 4) is 5.75 Å². The predicted octanol–water partition coefficient (Wildman–Crippen LogP) is 3.71. The molecule has 0 aliphatic heterocycles. The maximum absolute atomic E-state index is 6.55. The minimum absolute atomic E-state index is 0.737. The SMILES string of the molecule is CN(C)CCc1c[nH]c2ccc(OCC3CC3)c(Cl)c12. The Morgan fingerprint density at radius 2 is 2.15 bits per heavy atom. The van der Waals surface area contributed by atoms with E-state index in [1.165, 1.54) is 18.4 Å². The Morgan fingerprint density at radius 1 is 1.35 bits per heavy atom. The highest BCUT2D eigenvalue weighted by Crippen LogP contribution is 2.37. The quantitative estimate of drug-likeness (QED) is 0.879. The summed E-state index contributed by atoms with van der Waals surface area (Å²) < 4.78 is 5.86. The molecule has 2 aromatic rings. The number of nitrogens with one attached hydrogen (secondary N) is 1. The lowest BCUT2D eigenvalue weighted by Gasteiger charge is -2.11. The normalized spacial score (nSPS) is 15.2. The van der Waals surface area contributed by atoms with Gasteiger partial charge in [-0.15, -0.1) is 0 Å². The van der Waals surface area contributed by atoms with Crippen LogP contribution in [-0.2, 0) is 6.42 Å². The Balaban J connectivity index is 1.85. The first-order valence-electron chi connectivity index (χ1n) is 7.21. The average Bonchev–Trinajstić information content (AvgIpc) is 3.14. The van der Waals surface area contributed by atoms with Crippen molar-refractivity contribution in [3.05, 3.63) is 28.9 Å². The van der Waals surface area contributed by atoms with Crippen LogP contribution < -0.4 is 4.74 Å². The number of nitrogens with zero attached hydrogens (tertiary/aromatic N) is 1. The first-order chi connectivity index (χ1) is 9.65. The van der Waals surface area contributed by atoms with Crippen LogP contribution >= 0.6 is 11.6 Å². The molecule has 1 saturated carbocycles. The molecule has 0 unspecified atom stereocenters. The van der Waals surface area contributed by atoms with Crippen molar-refractivity contribution >= 4 is 22.5 Å². The maximum atomic E-state index is 6.55. The second-order valence-electron chi connectivity index (χ2n) is 5.92. The molecular formula is C16H21ClN2O. The summed E-state index contributed by atoms with van der Waals surface area (Å²) in [7, 11) is 4.17. The van der Waals surface area contributed by atoms with Crippen LogP contribution in [0.25, 0.3) is 10.9 Å². The van der Waals surface area contributed by atoms with Gasteiger partial charge in [0.25, 0.3) is 0 Å². The van der Waals surface area contributed by atoms with Crippen LogP contribution in [0.4, 0.5) is 0 Å². The van der Waals surface area contributed by atoms with E-state index in [1.54, 1.807) is 0 Å². The first kappa shape index (κ1) is 13.8. The number of rotatable bonds is 6. The van der Waals surface area contributed by atoms with Gasteiger partial charge in [0.2, 0.25) is 0 Å². The van der Waals surface area contributed by atoms with Crippen molar-refractivity contribution in [1.29, 1.82) is 0 Å². The lowest BCUT2D eigenvalue weighted by atomic mass is 10.1. The number of aromatic nitrogens is 1. The summed E-state index contributed by atoms with van der Waals surface area (Å²) >= 11 is 6.55. The highest BCUT2D eigenvalue weighted by molar-refractivity contribution is 6.37. The smallest absolute Gasteiger partial charge is 0.138 e. The molecule has 0 atom stereocenters. The number of fused-ring (bicyclic) bond motifs is 1. The predicted molar refractivity (Wildman–Crippen MR) is 83.8 cm³/mol. The van der Waals surface area contributed by atoms with Crippen molar-refractivity contribution in [1.82, 2.24) is 9.88 Å². The monoisotopic (exact) mass is 292 g/mol. The van der Waals surface area contributed by atoms with Crippen LogP contribution in [0.1, 0.15) is 18.4 Å². The molecule has 1 heterocycles. The number of aromatic amines is 1. The second kappa shape index (κ2) is 5.66. The van der Waals surface area contributed by atoms with Crippen LogP contribution in [0, 0.1) is 5.92 Å². The lowest BCUT2D eigenvalue weighted by Crippen LogP contribution is -2.14. The Kier molecular flexibility index (Phi) is 3.90. The molecule has 1 N–H and O–H groups in total. The molecule has 3 nitrogen and oxygen atoms in total. The number of hydrogen-bond acceptors (Lipinski definition) is 2. The van der Waals surface area contributed by atoms with Gasteiger partial charge in [-0.1, -0.05) is 11.6 Å². The minimum Gasteiger partial charge on any atom is -0.492 e. The van der Waals surface area contributed by atoms with Crippen molar-refractivity contribution in [2.24, 2.45) is 5.92 Å². The molecule has 108 valence electrons. The molecule has 0 spiro atoms. The molecule has 1 fully saturated rings. The van der Waals surface area contributed by atoms with E-state index in [1.807, 2.05) is 6.07 Å². The zero-order chi connectivity index (χ0) is 14.1. The number of hydrogen-bond donors (Lipinski definition) is 1. The zero-order valence-corrected chi connectivity index (χ0v) is 12.8. The summed E-state index contributed by atoms with van der Waals surface area (Å²) in [5.74, 6) is 1.55. The van der Waals surface area contributed by atoms with Crippen molar-refractivity contribution < 1.29 is 4.74 Å². The van der Waals surface area contributed by atoms with E-state index in [2.05, 4.69) is 36.2 Å². The number of ether oxygens (including phenoxy) is 1. The number of H-pyrrole nitrogens is 1. The Morgan fingerprint density at radius 3 is 2.85 bits per heavy atom. The van der Waals surface area contributed by atoms with Gasteiger partial charge < -0.3 is 14.6 Å². The van der Waals surface area contributed by atoms with Crippen LogP contribution in [0.15, 0.2) is 18.3 Å². The fourth-order valence-corrected chi connectivity index (χ4v) is 2.71. The highest BCUT2D eigenvalue weighted by atomic mass is 35.5. The first-order valence-corrected chi connectivity index (χ1v) is 7.59. The number of benzene rings is 1. The molecule has 0 bridgehead atoms. The van der Waals surface area contributed by atoms with E-state index < -0.39 is 0 Å². The van der Waals surface area contributed by atoms with Crippen LogP contribution in [0.3, 0.4) is 0 Å². The van der Waals surface area contributed by atoms with Crippen molar-refractivity contribution in [2.45, 2.75) is 19.3 Å². The van der Waals surface area contributed by atoms with E-state index in [0.29, 0.717) is 0 Å². The minimum atomic E-state index is 0.737. The Hall–Kier alpha value is -1.19. The van der Waals surface area contributed by atoms with Crippen LogP contribution in [-0.4, -0.2) is 37.1 Å². The van der Waals surface area contributed by atoms with E-state index in [9.17, 15) is 0 Å². The molecular weight excluding hydrogens is 272 g/mol. The molecule has 0 saturated heterocycles. The van der Waals surface area contributed by atoms with Gasteiger partial charge in [-0.05, 0) is 57.0 Å². The van der Waals surface area contributed by atoms with Gasteiger partial charge in [-0.3, -0.25) is 0 Å². The molecule has 4 heteroatoms. The summed E-state index contributed by atoms with van der Waals surface area (Å²) in [5.41, 5.74) is 2.35. The summed E-state index contributed by atoms with van der Waals surface area (Å²) in [5, 5.41) is 1.86. The third-order valence-corrected chi connectivity index (χ3v) is 4.20. The second-order valence-corrected chi connectivity index (χ2v) is 6.30. The van der Waals surface area contributed by atoms with Gasteiger partial charge in [-0.25, -0.2) is 0 Å². The summed E-state index contributed by atoms with van der Waals surface area (Å²) in [4.78, 5) is 5.48. The standard InChI is InChI=1S/C16H21ClN2O/c1-19(2)8-7-12-9-18-13-5-6-14(16(17)15(12)13)20-10-11-3-4-11/h5-6,9,11,18H,3-4,7-8,10H2,1-2H3. The fraction of sp³-hybridized carbons (Fsp3) is 0.500. The van der Waals surface area contributed by atoms with Gasteiger partial charge in [0, 0.05) is 23.6 Å². The van der Waals surface area contributed by atoms with Gasteiger partial charge in [0.1, 0.15) is 5.75 Å². The van der Waals surface area contributed by atoms with Gasteiger partial charge in [-0.2, -0.15) is 0 Å². The van der Waals surface area contributed by atoms with Gasteiger partial charge >= 0.3 is 0 Å². The number of halogens is 1. The third-order valence-electron chi connectivity index (χ3n) is 3.83. The maximum Gasteiger partial charge on any atom is 0.138 e. The topological polar surface area (TPSA) is 28.3 Å². The lowest BCUT2D eigenvalue weighted by molar-refractivity contribution is 0.300. The zero-order valence-electron chi connectivity index (χ0n) is 12.1. The highest BCUT2D eigenvalue weighted by Gasteiger charge is 2.22. The van der Waals surface area contributed by atoms with Crippen molar-refractivity contribution in [2.75, 3.05) is 27.2 Å². The molecule has 1 aliphatic rings. The summed E-state index contributed by atoms with van der Waals surface area (Å²) in [6.07, 6.45) is 5.62. The molecule has 1 aromatic heterocycles.